The zero-order valence-electron chi connectivity index (χ0n) is 14.5. The van der Waals surface area contributed by atoms with Gasteiger partial charge < -0.3 is 4.90 Å². The molecule has 2 heterocycles. The Hall–Kier alpha value is -2.20. The van der Waals surface area contributed by atoms with Crippen molar-refractivity contribution in [1.29, 1.82) is 0 Å². The number of aromatic nitrogens is 1. The molecule has 2 aromatic carbocycles. The summed E-state index contributed by atoms with van der Waals surface area (Å²) in [4.78, 5) is 7.20. The molecule has 2 nitrogen and oxygen atoms in total. The molecule has 0 saturated heterocycles. The highest BCUT2D eigenvalue weighted by Gasteiger charge is 2.24. The van der Waals surface area contributed by atoms with Gasteiger partial charge in [0.25, 0.3) is 0 Å². The van der Waals surface area contributed by atoms with Gasteiger partial charge in [-0.25, -0.2) is 9.37 Å². The molecule has 0 N–H and O–H groups in total. The number of benzene rings is 2. The second-order valence-corrected chi connectivity index (χ2v) is 7.66. The van der Waals surface area contributed by atoms with Gasteiger partial charge in [0.2, 0.25) is 0 Å². The van der Waals surface area contributed by atoms with E-state index in [0.717, 1.165) is 41.3 Å². The normalized spacial score (nSPS) is 16.8. The van der Waals surface area contributed by atoms with Crippen LogP contribution in [0.5, 0.6) is 0 Å². The van der Waals surface area contributed by atoms with Crippen molar-refractivity contribution in [2.75, 3.05) is 4.90 Å². The zero-order valence-corrected chi connectivity index (χ0v) is 15.3. The van der Waals surface area contributed by atoms with Gasteiger partial charge in [0.15, 0.2) is 0 Å². The average Bonchev–Trinajstić information content (AvgIpc) is 3.06. The standard InChI is InChI=1S/C21H21FN2S/c1-14-4-3-5-17(10-14)21-23-19(13-25-21)12-24-15(2)6-7-16-11-18(22)8-9-20(16)24/h3-5,8-11,13,15H,6-7,12H2,1-2H3. The molecule has 1 atom stereocenters. The van der Waals surface area contributed by atoms with E-state index in [1.807, 2.05) is 6.07 Å². The number of hydrogen-bond acceptors (Lipinski definition) is 3. The summed E-state index contributed by atoms with van der Waals surface area (Å²) in [5.41, 5.74) is 5.74. The molecule has 1 aliphatic rings. The number of nitrogens with zero attached hydrogens (tertiary/aromatic N) is 2. The average molecular weight is 352 g/mol. The Morgan fingerprint density at radius 3 is 2.96 bits per heavy atom. The highest BCUT2D eigenvalue weighted by molar-refractivity contribution is 7.13. The molecule has 4 heteroatoms. The lowest BCUT2D eigenvalue weighted by Gasteiger charge is -2.36. The summed E-state index contributed by atoms with van der Waals surface area (Å²) >= 11 is 1.69. The summed E-state index contributed by atoms with van der Waals surface area (Å²) < 4.78 is 13.5. The third-order valence-corrected chi connectivity index (χ3v) is 5.80. The lowest BCUT2D eigenvalue weighted by molar-refractivity contribution is 0.551. The fraction of sp³-hybridized carbons (Fsp3) is 0.286. The molecule has 0 saturated carbocycles. The maximum absolute atomic E-state index is 13.5. The number of aryl methyl sites for hydroxylation is 2. The van der Waals surface area contributed by atoms with Crippen LogP contribution in [-0.4, -0.2) is 11.0 Å². The number of thiazole rings is 1. The Morgan fingerprint density at radius 1 is 1.24 bits per heavy atom. The van der Waals surface area contributed by atoms with Crippen LogP contribution in [0.15, 0.2) is 47.8 Å². The maximum Gasteiger partial charge on any atom is 0.123 e. The van der Waals surface area contributed by atoms with Crippen LogP contribution >= 0.6 is 11.3 Å². The molecule has 4 rings (SSSR count). The van der Waals surface area contributed by atoms with Crippen molar-refractivity contribution in [3.05, 3.63) is 70.5 Å². The Bertz CT molecular complexity index is 902. The number of hydrogen-bond donors (Lipinski definition) is 0. The molecule has 0 fully saturated rings. The van der Waals surface area contributed by atoms with Gasteiger partial charge in [0, 0.05) is 22.7 Å². The number of fused-ring (bicyclic) bond motifs is 1. The lowest BCUT2D eigenvalue weighted by Crippen LogP contribution is -2.36. The number of halogens is 1. The van der Waals surface area contributed by atoms with E-state index in [-0.39, 0.29) is 5.82 Å². The van der Waals surface area contributed by atoms with Crippen LogP contribution in [0.25, 0.3) is 10.6 Å². The van der Waals surface area contributed by atoms with Crippen LogP contribution in [0.2, 0.25) is 0 Å². The molecule has 128 valence electrons. The molecule has 3 aromatic rings. The van der Waals surface area contributed by atoms with Crippen molar-refractivity contribution >= 4 is 17.0 Å². The van der Waals surface area contributed by atoms with Gasteiger partial charge >= 0.3 is 0 Å². The van der Waals surface area contributed by atoms with Crippen molar-refractivity contribution in [3.8, 4) is 10.6 Å². The third kappa shape index (κ3) is 3.31. The van der Waals surface area contributed by atoms with Crippen molar-refractivity contribution in [2.45, 2.75) is 39.3 Å². The van der Waals surface area contributed by atoms with E-state index < -0.39 is 0 Å². The SMILES string of the molecule is Cc1cccc(-c2nc(CN3c4ccc(F)cc4CCC3C)cs2)c1. The Balaban J connectivity index is 1.61. The summed E-state index contributed by atoms with van der Waals surface area (Å²) in [5.74, 6) is -0.149. The molecule has 0 amide bonds. The van der Waals surface area contributed by atoms with Gasteiger partial charge in [-0.2, -0.15) is 0 Å². The van der Waals surface area contributed by atoms with Gasteiger partial charge in [-0.3, -0.25) is 0 Å². The number of rotatable bonds is 3. The van der Waals surface area contributed by atoms with Crippen molar-refractivity contribution in [1.82, 2.24) is 4.98 Å². The molecule has 1 aromatic heterocycles. The van der Waals surface area contributed by atoms with Crippen molar-refractivity contribution in [3.63, 3.8) is 0 Å². The minimum absolute atomic E-state index is 0.149. The van der Waals surface area contributed by atoms with E-state index in [9.17, 15) is 4.39 Å². The third-order valence-electron chi connectivity index (χ3n) is 4.86. The summed E-state index contributed by atoms with van der Waals surface area (Å²) in [7, 11) is 0. The molecule has 1 aliphatic heterocycles. The van der Waals surface area contributed by atoms with Crippen LogP contribution in [0, 0.1) is 12.7 Å². The first-order valence-corrected chi connectivity index (χ1v) is 9.54. The monoisotopic (exact) mass is 352 g/mol. The Morgan fingerprint density at radius 2 is 2.12 bits per heavy atom. The predicted molar refractivity (Wildman–Crippen MR) is 103 cm³/mol. The fourth-order valence-corrected chi connectivity index (χ4v) is 4.31. The quantitative estimate of drug-likeness (QED) is 0.610. The van der Waals surface area contributed by atoms with Gasteiger partial charge in [-0.15, -0.1) is 11.3 Å². The van der Waals surface area contributed by atoms with Crippen LogP contribution in [0.3, 0.4) is 0 Å². The summed E-state index contributed by atoms with van der Waals surface area (Å²) in [6.07, 6.45) is 1.99. The number of anilines is 1. The van der Waals surface area contributed by atoms with Gasteiger partial charge in [0.1, 0.15) is 10.8 Å². The molecule has 0 spiro atoms. The fourth-order valence-electron chi connectivity index (χ4n) is 3.50. The first-order chi connectivity index (χ1) is 12.1. The van der Waals surface area contributed by atoms with Crippen LogP contribution in [0.1, 0.15) is 30.2 Å². The first kappa shape index (κ1) is 16.3. The molecule has 0 radical (unpaired) electrons. The molecule has 0 bridgehead atoms. The van der Waals surface area contributed by atoms with E-state index in [1.54, 1.807) is 23.5 Å². The van der Waals surface area contributed by atoms with Gasteiger partial charge in [-0.05, 0) is 56.5 Å². The second kappa shape index (κ2) is 6.60. The smallest absolute Gasteiger partial charge is 0.123 e. The molecule has 25 heavy (non-hydrogen) atoms. The van der Waals surface area contributed by atoms with Crippen LogP contribution in [0.4, 0.5) is 10.1 Å². The van der Waals surface area contributed by atoms with Gasteiger partial charge in [0.05, 0.1) is 12.2 Å². The van der Waals surface area contributed by atoms with Crippen LogP contribution in [-0.2, 0) is 13.0 Å². The summed E-state index contributed by atoms with van der Waals surface area (Å²) in [6.45, 7) is 5.10. The van der Waals surface area contributed by atoms with Crippen molar-refractivity contribution in [2.24, 2.45) is 0 Å². The Kier molecular flexibility index (Phi) is 4.30. The second-order valence-electron chi connectivity index (χ2n) is 6.80. The highest BCUT2D eigenvalue weighted by Crippen LogP contribution is 2.33. The van der Waals surface area contributed by atoms with Crippen molar-refractivity contribution < 1.29 is 4.39 Å². The lowest BCUT2D eigenvalue weighted by atomic mass is 9.96. The topological polar surface area (TPSA) is 16.1 Å². The first-order valence-electron chi connectivity index (χ1n) is 8.66. The molecule has 1 unspecified atom stereocenters. The minimum Gasteiger partial charge on any atom is -0.363 e. The molecular formula is C21H21FN2S. The minimum atomic E-state index is -0.149. The van der Waals surface area contributed by atoms with E-state index >= 15 is 0 Å². The predicted octanol–water partition coefficient (Wildman–Crippen LogP) is 5.60. The maximum atomic E-state index is 13.5. The zero-order chi connectivity index (χ0) is 17.4. The Labute approximate surface area is 152 Å². The van der Waals surface area contributed by atoms with E-state index in [4.69, 9.17) is 4.98 Å². The van der Waals surface area contributed by atoms with E-state index in [0.29, 0.717) is 6.04 Å². The molecular weight excluding hydrogens is 331 g/mol. The summed E-state index contributed by atoms with van der Waals surface area (Å²) in [6, 6.07) is 14.0. The van der Waals surface area contributed by atoms with E-state index in [2.05, 4.69) is 48.4 Å². The highest BCUT2D eigenvalue weighted by atomic mass is 32.1. The molecule has 0 aliphatic carbocycles. The van der Waals surface area contributed by atoms with Crippen LogP contribution < -0.4 is 4.90 Å². The largest absolute Gasteiger partial charge is 0.363 e. The summed E-state index contributed by atoms with van der Waals surface area (Å²) in [5, 5.41) is 3.20. The van der Waals surface area contributed by atoms with Gasteiger partial charge in [-0.1, -0.05) is 23.8 Å². The van der Waals surface area contributed by atoms with E-state index in [1.165, 1.54) is 11.1 Å².